The highest BCUT2D eigenvalue weighted by Crippen LogP contribution is 2.25. The predicted molar refractivity (Wildman–Crippen MR) is 99.3 cm³/mol. The number of amides is 1. The van der Waals surface area contributed by atoms with Crippen LogP contribution in [0.2, 0.25) is 0 Å². The molecule has 0 saturated heterocycles. The van der Waals surface area contributed by atoms with Crippen LogP contribution in [0.4, 0.5) is 4.39 Å². The zero-order valence-corrected chi connectivity index (χ0v) is 15.5. The number of halogens is 1. The molecule has 0 bridgehead atoms. The van der Waals surface area contributed by atoms with Crippen molar-refractivity contribution in [1.29, 1.82) is 0 Å². The fourth-order valence-corrected chi connectivity index (χ4v) is 3.30. The van der Waals surface area contributed by atoms with Crippen molar-refractivity contribution in [2.24, 2.45) is 5.92 Å². The lowest BCUT2D eigenvalue weighted by Crippen LogP contribution is -2.37. The molecule has 2 aromatic rings. The number of phenolic OH excluding ortho intramolecular Hbond substituents is 1. The second-order valence-electron chi connectivity index (χ2n) is 7.02. The topological polar surface area (TPSA) is 75.8 Å². The van der Waals surface area contributed by atoms with Gasteiger partial charge in [0.25, 0.3) is 5.91 Å². The number of oxazole rings is 1. The van der Waals surface area contributed by atoms with Crippen molar-refractivity contribution in [3.05, 3.63) is 65.4 Å². The van der Waals surface area contributed by atoms with E-state index in [4.69, 9.17) is 9.15 Å². The maximum atomic E-state index is 13.6. The Kier molecular flexibility index (Phi) is 4.90. The van der Waals surface area contributed by atoms with E-state index in [2.05, 4.69) is 4.98 Å². The number of aromatic nitrogens is 1. The highest BCUT2D eigenvalue weighted by atomic mass is 19.1. The molecule has 6 nitrogen and oxygen atoms in total. The number of allylic oxidation sites excluding steroid dienone is 2. The van der Waals surface area contributed by atoms with Crippen molar-refractivity contribution >= 4 is 5.91 Å². The fraction of sp³-hybridized carbons (Fsp3) is 0.333. The molecule has 146 valence electrons. The van der Waals surface area contributed by atoms with Gasteiger partial charge in [-0.05, 0) is 30.3 Å². The number of ether oxygens (including phenoxy) is 1. The summed E-state index contributed by atoms with van der Waals surface area (Å²) in [7, 11) is 0. The molecule has 0 radical (unpaired) electrons. The van der Waals surface area contributed by atoms with E-state index in [-0.39, 0.29) is 24.2 Å². The molecule has 1 amide bonds. The first-order valence-electron chi connectivity index (χ1n) is 9.22. The number of fused-ring (bicyclic) bond motifs is 1. The largest absolute Gasteiger partial charge is 0.508 e. The number of nitrogens with zero attached hydrogens (tertiary/aromatic N) is 2. The molecular weight excluding hydrogens is 363 g/mol. The zero-order valence-electron chi connectivity index (χ0n) is 15.5. The Morgan fingerprint density at radius 2 is 2.18 bits per heavy atom. The van der Waals surface area contributed by atoms with Gasteiger partial charge in [0.15, 0.2) is 6.61 Å². The van der Waals surface area contributed by atoms with Crippen molar-refractivity contribution in [2.75, 3.05) is 6.54 Å². The molecule has 2 atom stereocenters. The van der Waals surface area contributed by atoms with E-state index in [1.807, 2.05) is 0 Å². The van der Waals surface area contributed by atoms with Crippen molar-refractivity contribution in [3.8, 4) is 11.5 Å². The Morgan fingerprint density at radius 3 is 2.93 bits per heavy atom. The van der Waals surface area contributed by atoms with Crippen molar-refractivity contribution < 1.29 is 23.4 Å². The van der Waals surface area contributed by atoms with Gasteiger partial charge in [-0.3, -0.25) is 4.79 Å². The minimum absolute atomic E-state index is 0.126. The molecular formula is C21H21FN2O4. The molecule has 1 aliphatic heterocycles. The number of hydrogen-bond acceptors (Lipinski definition) is 5. The Balaban J connectivity index is 1.40. The average molecular weight is 384 g/mol. The molecule has 0 spiro atoms. The van der Waals surface area contributed by atoms with Crippen LogP contribution < -0.4 is 4.74 Å². The first-order valence-corrected chi connectivity index (χ1v) is 9.22. The van der Waals surface area contributed by atoms with Gasteiger partial charge in [0.05, 0.1) is 12.2 Å². The van der Waals surface area contributed by atoms with Crippen molar-refractivity contribution in [1.82, 2.24) is 9.88 Å². The highest BCUT2D eigenvalue weighted by Gasteiger charge is 2.28. The van der Waals surface area contributed by atoms with Gasteiger partial charge in [-0.1, -0.05) is 19.1 Å². The van der Waals surface area contributed by atoms with Crippen LogP contribution in [-0.4, -0.2) is 33.6 Å². The van der Waals surface area contributed by atoms with Crippen LogP contribution in [0.15, 0.2) is 52.5 Å². The molecule has 1 N–H and O–H groups in total. The van der Waals surface area contributed by atoms with Gasteiger partial charge in [-0.15, -0.1) is 0 Å². The fourth-order valence-electron chi connectivity index (χ4n) is 3.30. The van der Waals surface area contributed by atoms with Crippen molar-refractivity contribution in [3.63, 3.8) is 0 Å². The van der Waals surface area contributed by atoms with Gasteiger partial charge in [0.1, 0.15) is 23.4 Å². The summed E-state index contributed by atoms with van der Waals surface area (Å²) in [6, 6.07) is 6.40. The Labute approximate surface area is 161 Å². The maximum absolute atomic E-state index is 13.6. The second-order valence-corrected chi connectivity index (χ2v) is 7.02. The zero-order chi connectivity index (χ0) is 19.7. The van der Waals surface area contributed by atoms with E-state index in [1.54, 1.807) is 48.2 Å². The minimum atomic E-state index is -1.05. The number of rotatable bonds is 4. The summed E-state index contributed by atoms with van der Waals surface area (Å²) in [4.78, 5) is 18.9. The monoisotopic (exact) mass is 384 g/mol. The van der Waals surface area contributed by atoms with Gasteiger partial charge in [-0.2, -0.15) is 0 Å². The van der Waals surface area contributed by atoms with Crippen LogP contribution in [0, 0.1) is 5.92 Å². The molecule has 0 fully saturated rings. The summed E-state index contributed by atoms with van der Waals surface area (Å²) in [5.74, 6) is 1.43. The first-order chi connectivity index (χ1) is 13.5. The van der Waals surface area contributed by atoms with Crippen LogP contribution in [0.5, 0.6) is 11.5 Å². The molecule has 4 rings (SSSR count). The number of hydrogen-bond donors (Lipinski definition) is 1. The molecule has 2 aliphatic rings. The molecule has 1 aromatic carbocycles. The third-order valence-electron chi connectivity index (χ3n) is 4.91. The Morgan fingerprint density at radius 1 is 1.39 bits per heavy atom. The standard InChI is InChI=1S/C21H21FN2O4/c1-13-10-14(2-7-17(13)22)21(26)24-9-8-18-19(11-24)28-20(23-18)12-27-16-5-3-15(25)4-6-16/h2-7,10,13,17,25H,8-9,11-12H2,1H3. The quantitative estimate of drug-likeness (QED) is 0.875. The van der Waals surface area contributed by atoms with Crippen LogP contribution in [0.3, 0.4) is 0 Å². The Hall–Kier alpha value is -3.09. The third-order valence-corrected chi connectivity index (χ3v) is 4.91. The molecule has 1 aromatic heterocycles. The maximum Gasteiger partial charge on any atom is 0.253 e. The van der Waals surface area contributed by atoms with Crippen LogP contribution in [0.1, 0.15) is 24.3 Å². The summed E-state index contributed by atoms with van der Waals surface area (Å²) in [6.07, 6.45) is 4.22. The minimum Gasteiger partial charge on any atom is -0.508 e. The number of phenols is 1. The lowest BCUT2D eigenvalue weighted by molar-refractivity contribution is -0.128. The number of alkyl halides is 1. The molecule has 1 aliphatic carbocycles. The average Bonchev–Trinajstić information content (AvgIpc) is 3.11. The summed E-state index contributed by atoms with van der Waals surface area (Å²) in [5, 5.41) is 9.30. The number of benzene rings is 1. The highest BCUT2D eigenvalue weighted by molar-refractivity contribution is 5.96. The van der Waals surface area contributed by atoms with Gasteiger partial charge in [0.2, 0.25) is 5.89 Å². The molecule has 2 heterocycles. The second kappa shape index (κ2) is 7.50. The van der Waals surface area contributed by atoms with Crippen LogP contribution >= 0.6 is 0 Å². The van der Waals surface area contributed by atoms with Crippen LogP contribution in [-0.2, 0) is 24.4 Å². The number of aromatic hydroxyl groups is 1. The van der Waals surface area contributed by atoms with Gasteiger partial charge in [0, 0.05) is 24.5 Å². The Bertz CT molecular complexity index is 932. The molecule has 2 unspecified atom stereocenters. The van der Waals surface area contributed by atoms with Crippen molar-refractivity contribution in [2.45, 2.75) is 32.7 Å². The molecule has 0 saturated carbocycles. The summed E-state index contributed by atoms with van der Waals surface area (Å²) < 4.78 is 25.0. The lowest BCUT2D eigenvalue weighted by atomic mass is 9.95. The van der Waals surface area contributed by atoms with E-state index < -0.39 is 6.17 Å². The lowest BCUT2D eigenvalue weighted by Gasteiger charge is -2.27. The van der Waals surface area contributed by atoms with E-state index >= 15 is 0 Å². The number of carbonyl (C=O) groups excluding carboxylic acids is 1. The molecule has 7 heteroatoms. The van der Waals surface area contributed by atoms with Gasteiger partial charge < -0.3 is 19.2 Å². The summed E-state index contributed by atoms with van der Waals surface area (Å²) >= 11 is 0. The van der Waals surface area contributed by atoms with E-state index in [0.29, 0.717) is 42.5 Å². The first kappa shape index (κ1) is 18.3. The third kappa shape index (κ3) is 3.78. The van der Waals surface area contributed by atoms with E-state index in [1.165, 1.54) is 6.08 Å². The van der Waals surface area contributed by atoms with Gasteiger partial charge in [-0.25, -0.2) is 9.37 Å². The smallest absolute Gasteiger partial charge is 0.253 e. The summed E-state index contributed by atoms with van der Waals surface area (Å²) in [5.41, 5.74) is 1.35. The predicted octanol–water partition coefficient (Wildman–Crippen LogP) is 3.31. The number of carbonyl (C=O) groups is 1. The normalized spacial score (nSPS) is 21.2. The summed E-state index contributed by atoms with van der Waals surface area (Å²) in [6.45, 7) is 2.79. The van der Waals surface area contributed by atoms with Gasteiger partial charge >= 0.3 is 0 Å². The SMILES string of the molecule is CC1C=C(C(=O)N2CCc3nc(COc4ccc(O)cc4)oc3C2)C=CC1F. The van der Waals surface area contributed by atoms with E-state index in [0.717, 1.165) is 5.69 Å². The van der Waals surface area contributed by atoms with Crippen LogP contribution in [0.25, 0.3) is 0 Å². The van der Waals surface area contributed by atoms with E-state index in [9.17, 15) is 14.3 Å². The molecule has 28 heavy (non-hydrogen) atoms.